The van der Waals surface area contributed by atoms with Gasteiger partial charge in [0.05, 0.1) is 17.8 Å². The topological polar surface area (TPSA) is 87.5 Å². The van der Waals surface area contributed by atoms with E-state index in [0.717, 1.165) is 11.9 Å². The lowest BCUT2D eigenvalue weighted by atomic mass is 10.4. The van der Waals surface area contributed by atoms with Gasteiger partial charge in [0.1, 0.15) is 5.15 Å². The van der Waals surface area contributed by atoms with Gasteiger partial charge in [0, 0.05) is 32.9 Å². The van der Waals surface area contributed by atoms with Crippen LogP contribution in [0.1, 0.15) is 5.69 Å². The Bertz CT molecular complexity index is 618. The predicted octanol–water partition coefficient (Wildman–Crippen LogP) is 1.16. The average molecular weight is 484 g/mol. The van der Waals surface area contributed by atoms with Crippen LogP contribution in [0.25, 0.3) is 0 Å². The largest absolute Gasteiger partial charge is 0.355 e. The molecule has 0 saturated heterocycles. The number of sulfonamides is 1. The summed E-state index contributed by atoms with van der Waals surface area (Å²) in [6, 6.07) is 1.77. The van der Waals surface area contributed by atoms with Gasteiger partial charge in [-0.3, -0.25) is 4.99 Å². The molecule has 0 fully saturated rings. The van der Waals surface area contributed by atoms with Crippen molar-refractivity contribution in [3.05, 3.63) is 21.9 Å². The van der Waals surface area contributed by atoms with E-state index in [2.05, 4.69) is 20.3 Å². The third-order valence-electron chi connectivity index (χ3n) is 2.66. The van der Waals surface area contributed by atoms with E-state index >= 15 is 0 Å². The summed E-state index contributed by atoms with van der Waals surface area (Å²) in [5, 5.41) is 7.06. The number of halogens is 3. The maximum absolute atomic E-state index is 10.9. The first-order valence-electron chi connectivity index (χ1n) is 6.13. The monoisotopic (exact) mass is 483 g/mol. The molecule has 11 heteroatoms. The Morgan fingerprint density at radius 3 is 2.41 bits per heavy atom. The van der Waals surface area contributed by atoms with Crippen LogP contribution in [0.5, 0.6) is 0 Å². The first-order valence-corrected chi connectivity index (χ1v) is 8.78. The van der Waals surface area contributed by atoms with Crippen LogP contribution in [0.4, 0.5) is 0 Å². The summed E-state index contributed by atoms with van der Waals surface area (Å²) in [6.07, 6.45) is 1.11. The lowest BCUT2D eigenvalue weighted by molar-refractivity contribution is 0.586. The van der Waals surface area contributed by atoms with E-state index in [1.807, 2.05) is 7.05 Å². The molecule has 0 radical (unpaired) electrons. The van der Waals surface area contributed by atoms with Crippen molar-refractivity contribution in [3.8, 4) is 0 Å². The van der Waals surface area contributed by atoms with Gasteiger partial charge in [-0.2, -0.15) is 0 Å². The van der Waals surface area contributed by atoms with E-state index < -0.39 is 10.0 Å². The minimum Gasteiger partial charge on any atom is -0.355 e. The Hall–Kier alpha value is -0.230. The standard InChI is InChI=1S/C11H19Cl2N5O2S.HI/c1-14-11(15-4-5-17-21(3,19)20)16-7-8-6-9(12)10(13)18(8)2;/h6,17H,4-5,7H2,1-3H3,(H2,14,15,16);1H. The second kappa shape index (κ2) is 9.81. The zero-order valence-corrected chi connectivity index (χ0v) is 17.1. The van der Waals surface area contributed by atoms with E-state index in [4.69, 9.17) is 23.2 Å². The number of guanidine groups is 1. The molecular weight excluding hydrogens is 464 g/mol. The van der Waals surface area contributed by atoms with E-state index in [0.29, 0.717) is 29.2 Å². The molecule has 7 nitrogen and oxygen atoms in total. The van der Waals surface area contributed by atoms with Gasteiger partial charge < -0.3 is 15.2 Å². The molecule has 0 saturated carbocycles. The quantitative estimate of drug-likeness (QED) is 0.245. The van der Waals surface area contributed by atoms with Crippen molar-refractivity contribution in [3.63, 3.8) is 0 Å². The molecule has 0 aliphatic heterocycles. The van der Waals surface area contributed by atoms with Crippen molar-refractivity contribution in [2.75, 3.05) is 26.4 Å². The van der Waals surface area contributed by atoms with Crippen molar-refractivity contribution < 1.29 is 8.42 Å². The Kier molecular flexibility index (Phi) is 9.71. The van der Waals surface area contributed by atoms with E-state index in [1.54, 1.807) is 17.7 Å². The third-order valence-corrected chi connectivity index (χ3v) is 4.23. The van der Waals surface area contributed by atoms with Gasteiger partial charge in [0.15, 0.2) is 5.96 Å². The summed E-state index contributed by atoms with van der Waals surface area (Å²) in [7, 11) is 0.272. The van der Waals surface area contributed by atoms with Crippen LogP contribution in [0, 0.1) is 0 Å². The third kappa shape index (κ3) is 7.36. The number of nitrogens with one attached hydrogen (secondary N) is 3. The van der Waals surface area contributed by atoms with Crippen LogP contribution in [0.15, 0.2) is 11.1 Å². The summed E-state index contributed by atoms with van der Waals surface area (Å²) in [5.74, 6) is 0.554. The summed E-state index contributed by atoms with van der Waals surface area (Å²) >= 11 is 11.9. The van der Waals surface area contributed by atoms with Crippen molar-refractivity contribution in [2.24, 2.45) is 12.0 Å². The van der Waals surface area contributed by atoms with Gasteiger partial charge in [-0.05, 0) is 6.07 Å². The highest BCUT2D eigenvalue weighted by molar-refractivity contribution is 14.0. The molecule has 128 valence electrons. The van der Waals surface area contributed by atoms with Gasteiger partial charge in [-0.25, -0.2) is 13.1 Å². The number of aliphatic imine (C=N–C) groups is 1. The molecule has 0 bridgehead atoms. The molecule has 1 rings (SSSR count). The van der Waals surface area contributed by atoms with Crippen LogP contribution in [0.3, 0.4) is 0 Å². The van der Waals surface area contributed by atoms with Crippen molar-refractivity contribution in [1.82, 2.24) is 19.9 Å². The predicted molar refractivity (Wildman–Crippen MR) is 102 cm³/mol. The molecule has 3 N–H and O–H groups in total. The lowest BCUT2D eigenvalue weighted by Gasteiger charge is -2.12. The molecule has 0 aliphatic rings. The molecule has 0 aromatic carbocycles. The lowest BCUT2D eigenvalue weighted by Crippen LogP contribution is -2.41. The fourth-order valence-electron chi connectivity index (χ4n) is 1.57. The minimum absolute atomic E-state index is 0. The molecule has 1 aromatic heterocycles. The average Bonchev–Trinajstić information content (AvgIpc) is 2.64. The Balaban J connectivity index is 0.00000441. The van der Waals surface area contributed by atoms with Crippen LogP contribution >= 0.6 is 47.2 Å². The van der Waals surface area contributed by atoms with E-state index in [9.17, 15) is 8.42 Å². The molecule has 22 heavy (non-hydrogen) atoms. The second-order valence-electron chi connectivity index (χ2n) is 4.35. The van der Waals surface area contributed by atoms with Crippen LogP contribution in [-0.4, -0.2) is 45.3 Å². The highest BCUT2D eigenvalue weighted by Gasteiger charge is 2.09. The number of nitrogens with zero attached hydrogens (tertiary/aromatic N) is 2. The maximum Gasteiger partial charge on any atom is 0.208 e. The molecule has 0 spiro atoms. The Morgan fingerprint density at radius 2 is 1.95 bits per heavy atom. The minimum atomic E-state index is -3.17. The number of hydrogen-bond acceptors (Lipinski definition) is 3. The van der Waals surface area contributed by atoms with E-state index in [1.165, 1.54) is 0 Å². The zero-order valence-electron chi connectivity index (χ0n) is 12.5. The Labute approximate surface area is 157 Å². The molecule has 0 unspecified atom stereocenters. The van der Waals surface area contributed by atoms with Gasteiger partial charge in [0.25, 0.3) is 0 Å². The number of hydrogen-bond donors (Lipinski definition) is 3. The van der Waals surface area contributed by atoms with Gasteiger partial charge in [-0.15, -0.1) is 24.0 Å². The van der Waals surface area contributed by atoms with Crippen molar-refractivity contribution in [2.45, 2.75) is 6.54 Å². The van der Waals surface area contributed by atoms with Gasteiger partial charge >= 0.3 is 0 Å². The summed E-state index contributed by atoms with van der Waals surface area (Å²) in [4.78, 5) is 4.04. The normalized spacial score (nSPS) is 12.0. The van der Waals surface area contributed by atoms with Crippen LogP contribution < -0.4 is 15.4 Å². The summed E-state index contributed by atoms with van der Waals surface area (Å²) < 4.78 is 26.0. The first kappa shape index (κ1) is 21.8. The fraction of sp³-hybridized carbons (Fsp3) is 0.545. The van der Waals surface area contributed by atoms with Crippen LogP contribution in [-0.2, 0) is 23.6 Å². The highest BCUT2D eigenvalue weighted by Crippen LogP contribution is 2.24. The summed E-state index contributed by atoms with van der Waals surface area (Å²) in [5.41, 5.74) is 0.905. The van der Waals surface area contributed by atoms with Gasteiger partial charge in [-0.1, -0.05) is 23.2 Å². The zero-order chi connectivity index (χ0) is 16.0. The molecule has 0 amide bonds. The molecule has 1 heterocycles. The second-order valence-corrected chi connectivity index (χ2v) is 6.95. The molecule has 0 aliphatic carbocycles. The van der Waals surface area contributed by atoms with Crippen LogP contribution in [0.2, 0.25) is 10.2 Å². The first-order chi connectivity index (χ1) is 9.74. The molecule has 0 atom stereocenters. The SMILES string of the molecule is CN=C(NCCNS(C)(=O)=O)NCc1cc(Cl)c(Cl)n1C.I. The van der Waals surface area contributed by atoms with E-state index in [-0.39, 0.29) is 30.5 Å². The smallest absolute Gasteiger partial charge is 0.208 e. The Morgan fingerprint density at radius 1 is 1.32 bits per heavy atom. The number of rotatable bonds is 6. The van der Waals surface area contributed by atoms with Crippen molar-refractivity contribution >= 4 is 63.2 Å². The maximum atomic E-state index is 10.9. The highest BCUT2D eigenvalue weighted by atomic mass is 127. The summed E-state index contributed by atoms with van der Waals surface area (Å²) in [6.45, 7) is 1.19. The molecular formula is C11H20Cl2IN5O2S. The van der Waals surface area contributed by atoms with Crippen molar-refractivity contribution in [1.29, 1.82) is 0 Å². The number of aromatic nitrogens is 1. The fourth-order valence-corrected chi connectivity index (χ4v) is 2.46. The molecule has 1 aromatic rings. The van der Waals surface area contributed by atoms with Gasteiger partial charge in [0.2, 0.25) is 10.0 Å².